The van der Waals surface area contributed by atoms with Crippen LogP contribution in [0.2, 0.25) is 0 Å². The minimum Gasteiger partial charge on any atom is -0.372 e. The highest BCUT2D eigenvalue weighted by Gasteiger charge is 2.25. The molecule has 0 amide bonds. The van der Waals surface area contributed by atoms with Gasteiger partial charge >= 0.3 is 0 Å². The van der Waals surface area contributed by atoms with Gasteiger partial charge < -0.3 is 10.5 Å². The maximum atomic E-state index is 5.77. The standard InChI is InChI=1S/C13H19NO/c1-13(9-14,15-2)12-7-6-10-4-3-5-11(10)8-12/h6-8H,3-5,9,14H2,1-2H3. The smallest absolute Gasteiger partial charge is 0.102 e. The SMILES string of the molecule is COC(C)(CN)c1ccc2c(c1)CCC2. The number of fused-ring (bicyclic) bond motifs is 1. The second-order valence-electron chi connectivity index (χ2n) is 4.48. The summed E-state index contributed by atoms with van der Waals surface area (Å²) in [5, 5.41) is 0. The quantitative estimate of drug-likeness (QED) is 0.819. The molecule has 1 aliphatic carbocycles. The van der Waals surface area contributed by atoms with Crippen LogP contribution in [0, 0.1) is 0 Å². The van der Waals surface area contributed by atoms with Crippen LogP contribution < -0.4 is 5.73 Å². The summed E-state index contributed by atoms with van der Waals surface area (Å²) in [6.45, 7) is 2.56. The summed E-state index contributed by atoms with van der Waals surface area (Å²) in [6.07, 6.45) is 3.71. The Hall–Kier alpha value is -0.860. The molecule has 0 bridgehead atoms. The summed E-state index contributed by atoms with van der Waals surface area (Å²) in [4.78, 5) is 0. The minimum atomic E-state index is -0.336. The topological polar surface area (TPSA) is 35.2 Å². The monoisotopic (exact) mass is 205 g/mol. The Bertz CT molecular complexity index is 356. The maximum Gasteiger partial charge on any atom is 0.102 e. The van der Waals surface area contributed by atoms with E-state index in [9.17, 15) is 0 Å². The largest absolute Gasteiger partial charge is 0.372 e. The van der Waals surface area contributed by atoms with Crippen LogP contribution in [0.5, 0.6) is 0 Å². The molecule has 0 aromatic heterocycles. The number of aryl methyl sites for hydroxylation is 2. The third-order valence-electron chi connectivity index (χ3n) is 3.55. The molecule has 0 heterocycles. The summed E-state index contributed by atoms with van der Waals surface area (Å²) in [7, 11) is 1.72. The van der Waals surface area contributed by atoms with E-state index in [1.165, 1.54) is 36.0 Å². The predicted octanol–water partition coefficient (Wildman–Crippen LogP) is 2.00. The van der Waals surface area contributed by atoms with Crippen LogP contribution in [0.1, 0.15) is 30.0 Å². The van der Waals surface area contributed by atoms with Gasteiger partial charge in [-0.25, -0.2) is 0 Å². The molecule has 0 saturated carbocycles. The third kappa shape index (κ3) is 1.80. The number of hydrogen-bond acceptors (Lipinski definition) is 2. The molecule has 2 N–H and O–H groups in total. The normalized spacial score (nSPS) is 18.6. The number of rotatable bonds is 3. The van der Waals surface area contributed by atoms with Crippen LogP contribution in [0.4, 0.5) is 0 Å². The van der Waals surface area contributed by atoms with E-state index in [2.05, 4.69) is 18.2 Å². The molecule has 1 aromatic carbocycles. The van der Waals surface area contributed by atoms with Crippen molar-refractivity contribution in [3.8, 4) is 0 Å². The number of hydrogen-bond donors (Lipinski definition) is 1. The average molecular weight is 205 g/mol. The first-order chi connectivity index (χ1) is 7.19. The van der Waals surface area contributed by atoms with Crippen molar-refractivity contribution in [1.29, 1.82) is 0 Å². The molecule has 82 valence electrons. The fraction of sp³-hybridized carbons (Fsp3) is 0.538. The van der Waals surface area contributed by atoms with Crippen molar-refractivity contribution >= 4 is 0 Å². The molecule has 0 fully saturated rings. The molecule has 0 aliphatic heterocycles. The molecule has 15 heavy (non-hydrogen) atoms. The van der Waals surface area contributed by atoms with Gasteiger partial charge in [-0.05, 0) is 42.9 Å². The van der Waals surface area contributed by atoms with Crippen molar-refractivity contribution in [3.63, 3.8) is 0 Å². The van der Waals surface area contributed by atoms with Crippen LogP contribution in [0.3, 0.4) is 0 Å². The molecule has 0 spiro atoms. The van der Waals surface area contributed by atoms with E-state index in [1.54, 1.807) is 7.11 Å². The van der Waals surface area contributed by atoms with E-state index in [0.29, 0.717) is 6.54 Å². The Morgan fingerprint density at radius 1 is 1.33 bits per heavy atom. The van der Waals surface area contributed by atoms with Crippen LogP contribution in [0.25, 0.3) is 0 Å². The second kappa shape index (κ2) is 3.95. The Kier molecular flexibility index (Phi) is 2.81. The van der Waals surface area contributed by atoms with Gasteiger partial charge in [0.05, 0.1) is 0 Å². The Balaban J connectivity index is 2.37. The van der Waals surface area contributed by atoms with E-state index < -0.39 is 0 Å². The van der Waals surface area contributed by atoms with Crippen molar-refractivity contribution in [2.45, 2.75) is 31.8 Å². The Morgan fingerprint density at radius 2 is 2.07 bits per heavy atom. The molecular weight excluding hydrogens is 186 g/mol. The summed E-state index contributed by atoms with van der Waals surface area (Å²) >= 11 is 0. The van der Waals surface area contributed by atoms with Crippen molar-refractivity contribution in [2.75, 3.05) is 13.7 Å². The van der Waals surface area contributed by atoms with E-state index in [0.717, 1.165) is 0 Å². The third-order valence-corrected chi connectivity index (χ3v) is 3.55. The highest BCUT2D eigenvalue weighted by atomic mass is 16.5. The van der Waals surface area contributed by atoms with Gasteiger partial charge in [-0.15, -0.1) is 0 Å². The van der Waals surface area contributed by atoms with E-state index in [4.69, 9.17) is 10.5 Å². The summed E-state index contributed by atoms with van der Waals surface area (Å²) in [5.41, 5.74) is 9.61. The fourth-order valence-electron chi connectivity index (χ4n) is 2.22. The van der Waals surface area contributed by atoms with Crippen molar-refractivity contribution in [3.05, 3.63) is 34.9 Å². The highest BCUT2D eigenvalue weighted by molar-refractivity contribution is 5.37. The van der Waals surface area contributed by atoms with Crippen LogP contribution in [0.15, 0.2) is 18.2 Å². The van der Waals surface area contributed by atoms with E-state index in [1.807, 2.05) is 6.92 Å². The molecule has 1 aromatic rings. The Labute approximate surface area is 91.4 Å². The molecule has 0 radical (unpaired) electrons. The highest BCUT2D eigenvalue weighted by Crippen LogP contribution is 2.29. The molecule has 2 nitrogen and oxygen atoms in total. The van der Waals surface area contributed by atoms with E-state index >= 15 is 0 Å². The molecular formula is C13H19NO. The van der Waals surface area contributed by atoms with Gasteiger partial charge in [0, 0.05) is 13.7 Å². The van der Waals surface area contributed by atoms with E-state index in [-0.39, 0.29) is 5.60 Å². The maximum absolute atomic E-state index is 5.77. The zero-order valence-corrected chi connectivity index (χ0v) is 9.55. The first-order valence-electron chi connectivity index (χ1n) is 5.57. The lowest BCUT2D eigenvalue weighted by Crippen LogP contribution is -2.33. The first-order valence-corrected chi connectivity index (χ1v) is 5.57. The number of benzene rings is 1. The lowest BCUT2D eigenvalue weighted by Gasteiger charge is -2.27. The number of nitrogens with two attached hydrogens (primary N) is 1. The molecule has 1 aliphatic rings. The van der Waals surface area contributed by atoms with Crippen LogP contribution in [-0.4, -0.2) is 13.7 Å². The average Bonchev–Trinajstić information content (AvgIpc) is 2.74. The molecule has 2 rings (SSSR count). The fourth-order valence-corrected chi connectivity index (χ4v) is 2.22. The molecule has 0 saturated heterocycles. The van der Waals surface area contributed by atoms with Gasteiger partial charge in [-0.2, -0.15) is 0 Å². The van der Waals surface area contributed by atoms with Gasteiger partial charge in [0.15, 0.2) is 0 Å². The summed E-state index contributed by atoms with van der Waals surface area (Å²) in [6, 6.07) is 6.64. The zero-order chi connectivity index (χ0) is 10.9. The van der Waals surface area contributed by atoms with Gasteiger partial charge in [0.2, 0.25) is 0 Å². The minimum absolute atomic E-state index is 0.336. The van der Waals surface area contributed by atoms with Crippen molar-refractivity contribution < 1.29 is 4.74 Å². The molecule has 1 atom stereocenters. The lowest BCUT2D eigenvalue weighted by molar-refractivity contribution is 0.0100. The van der Waals surface area contributed by atoms with Crippen molar-refractivity contribution in [2.24, 2.45) is 5.73 Å². The van der Waals surface area contributed by atoms with Gasteiger partial charge in [0.25, 0.3) is 0 Å². The van der Waals surface area contributed by atoms with Gasteiger partial charge in [-0.3, -0.25) is 0 Å². The molecule has 2 heteroatoms. The lowest BCUT2D eigenvalue weighted by atomic mass is 9.93. The van der Waals surface area contributed by atoms with Crippen LogP contribution in [-0.2, 0) is 23.2 Å². The van der Waals surface area contributed by atoms with Gasteiger partial charge in [-0.1, -0.05) is 18.2 Å². The summed E-state index contributed by atoms with van der Waals surface area (Å²) < 4.78 is 5.51. The van der Waals surface area contributed by atoms with Crippen LogP contribution >= 0.6 is 0 Å². The van der Waals surface area contributed by atoms with Gasteiger partial charge in [0.1, 0.15) is 5.60 Å². The number of methoxy groups -OCH3 is 1. The first kappa shape index (κ1) is 10.7. The van der Waals surface area contributed by atoms with Crippen molar-refractivity contribution in [1.82, 2.24) is 0 Å². The second-order valence-corrected chi connectivity index (χ2v) is 4.48. The zero-order valence-electron chi connectivity index (χ0n) is 9.55. The summed E-state index contributed by atoms with van der Waals surface area (Å²) in [5.74, 6) is 0. The molecule has 1 unspecified atom stereocenters. The Morgan fingerprint density at radius 3 is 2.73 bits per heavy atom. The number of ether oxygens (including phenoxy) is 1. The predicted molar refractivity (Wildman–Crippen MR) is 61.9 cm³/mol.